The highest BCUT2D eigenvalue weighted by Crippen LogP contribution is 2.25. The normalized spacial score (nSPS) is 21.2. The molecule has 3 nitrogen and oxygen atoms in total. The van der Waals surface area contributed by atoms with Crippen LogP contribution in [0.1, 0.15) is 12.8 Å². The Morgan fingerprint density at radius 1 is 1.12 bits per heavy atom. The lowest BCUT2D eigenvalue weighted by Gasteiger charge is -1.91. The molecular weight excluding hydrogens is 220 g/mol. The Kier molecular flexibility index (Phi) is 3.99. The number of amidine groups is 1. The Morgan fingerprint density at radius 3 is 2.06 bits per heavy atom. The van der Waals surface area contributed by atoms with Crippen molar-refractivity contribution in [2.75, 3.05) is 5.75 Å². The first kappa shape index (κ1) is 11.2. The van der Waals surface area contributed by atoms with Crippen LogP contribution in [0.4, 0.5) is 0 Å². The molecule has 1 saturated carbocycles. The first-order valence-corrected chi connectivity index (χ1v) is 6.33. The molecule has 0 aromatic heterocycles. The number of aliphatic imine (C=N–C) groups is 1. The van der Waals surface area contributed by atoms with E-state index in [9.17, 15) is 4.79 Å². The van der Waals surface area contributed by atoms with Gasteiger partial charge in [-0.2, -0.15) is 0 Å². The molecule has 0 atom stereocenters. The van der Waals surface area contributed by atoms with E-state index >= 15 is 0 Å². The molecule has 1 aliphatic carbocycles. The second kappa shape index (κ2) is 5.70. The quantitative estimate of drug-likeness (QED) is 0.808. The third-order valence-electron chi connectivity index (χ3n) is 2.10. The second-order valence-electron chi connectivity index (χ2n) is 3.66. The lowest BCUT2D eigenvalue weighted by Crippen LogP contribution is -2.20. The molecule has 1 aromatic rings. The van der Waals surface area contributed by atoms with Crippen molar-refractivity contribution in [1.82, 2.24) is 5.32 Å². The molecule has 1 amide bonds. The third kappa shape index (κ3) is 4.06. The van der Waals surface area contributed by atoms with Gasteiger partial charge in [0, 0.05) is 0 Å². The van der Waals surface area contributed by atoms with E-state index in [2.05, 4.69) is 10.3 Å². The van der Waals surface area contributed by atoms with Crippen molar-refractivity contribution in [2.24, 2.45) is 4.99 Å². The van der Waals surface area contributed by atoms with Crippen LogP contribution in [0.15, 0.2) is 41.4 Å². The van der Waals surface area contributed by atoms with E-state index in [0.717, 1.165) is 5.17 Å². The summed E-state index contributed by atoms with van der Waals surface area (Å²) in [6.45, 7) is 0. The Balaban J connectivity index is 0.000000138. The number of benzene rings is 1. The summed E-state index contributed by atoms with van der Waals surface area (Å²) >= 11 is 1.51. The topological polar surface area (TPSA) is 41.5 Å². The molecule has 84 valence electrons. The number of nitrogens with zero attached hydrogens (tertiary/aromatic N) is 1. The lowest BCUT2D eigenvalue weighted by atomic mass is 10.4. The predicted molar refractivity (Wildman–Crippen MR) is 67.5 cm³/mol. The van der Waals surface area contributed by atoms with E-state index in [4.69, 9.17) is 0 Å². The number of hydrogen-bond donors (Lipinski definition) is 1. The van der Waals surface area contributed by atoms with Crippen LogP contribution in [0, 0.1) is 0 Å². The number of carbonyl (C=O) groups is 1. The highest BCUT2D eigenvalue weighted by atomic mass is 32.2. The number of rotatable bonds is 1. The maximum atomic E-state index is 10.6. The first-order chi connectivity index (χ1) is 7.84. The average molecular weight is 234 g/mol. The van der Waals surface area contributed by atoms with Crippen molar-refractivity contribution in [2.45, 2.75) is 18.9 Å². The van der Waals surface area contributed by atoms with Crippen LogP contribution < -0.4 is 5.32 Å². The van der Waals surface area contributed by atoms with Crippen molar-refractivity contribution in [3.63, 3.8) is 0 Å². The summed E-state index contributed by atoms with van der Waals surface area (Å²) in [5, 5.41) is 3.53. The van der Waals surface area contributed by atoms with E-state index in [-0.39, 0.29) is 5.91 Å². The zero-order valence-corrected chi connectivity index (χ0v) is 9.74. The first-order valence-electron chi connectivity index (χ1n) is 5.35. The van der Waals surface area contributed by atoms with Crippen molar-refractivity contribution >= 4 is 22.8 Å². The standard InChI is InChI=1S/C6H8N2OS.C6H6/c9-5-3-10-6(8-5)7-4-1-2-4;1-2-4-6-5-3-1/h4H,1-3H2,(H,7,8,9);1-6H. The minimum absolute atomic E-state index is 0.0874. The van der Waals surface area contributed by atoms with Gasteiger partial charge in [0.05, 0.1) is 11.8 Å². The molecule has 2 fully saturated rings. The van der Waals surface area contributed by atoms with Crippen LogP contribution >= 0.6 is 11.8 Å². The third-order valence-corrected chi connectivity index (χ3v) is 2.99. The number of amides is 1. The molecule has 0 unspecified atom stereocenters. The molecule has 2 aliphatic rings. The largest absolute Gasteiger partial charge is 0.305 e. The van der Waals surface area contributed by atoms with E-state index < -0.39 is 0 Å². The molecular formula is C12H14N2OS. The highest BCUT2D eigenvalue weighted by Gasteiger charge is 2.24. The van der Waals surface area contributed by atoms with E-state index in [0.29, 0.717) is 11.8 Å². The maximum absolute atomic E-state index is 10.6. The zero-order chi connectivity index (χ0) is 11.2. The van der Waals surface area contributed by atoms with Gasteiger partial charge in [-0.05, 0) is 12.8 Å². The van der Waals surface area contributed by atoms with Gasteiger partial charge in [0.2, 0.25) is 5.91 Å². The number of thioether (sulfide) groups is 1. The molecule has 3 rings (SSSR count). The number of nitrogens with one attached hydrogen (secondary N) is 1. The molecule has 16 heavy (non-hydrogen) atoms. The van der Waals surface area contributed by atoms with Crippen molar-refractivity contribution in [1.29, 1.82) is 0 Å². The van der Waals surface area contributed by atoms with Crippen molar-refractivity contribution < 1.29 is 4.79 Å². The van der Waals surface area contributed by atoms with Gasteiger partial charge >= 0.3 is 0 Å². The maximum Gasteiger partial charge on any atom is 0.236 e. The molecule has 0 radical (unpaired) electrons. The molecule has 1 aromatic carbocycles. The van der Waals surface area contributed by atoms with Crippen LogP contribution in [0.5, 0.6) is 0 Å². The van der Waals surface area contributed by atoms with E-state index in [1.54, 1.807) is 0 Å². The van der Waals surface area contributed by atoms with Gasteiger partial charge in [-0.3, -0.25) is 9.79 Å². The molecule has 1 N–H and O–H groups in total. The van der Waals surface area contributed by atoms with Gasteiger partial charge in [0.1, 0.15) is 0 Å². The summed E-state index contributed by atoms with van der Waals surface area (Å²) in [7, 11) is 0. The number of carbonyl (C=O) groups excluding carboxylic acids is 1. The Bertz CT molecular complexity index is 347. The van der Waals surface area contributed by atoms with Crippen LogP contribution in [0.3, 0.4) is 0 Å². The Labute approximate surface area is 99.3 Å². The van der Waals surface area contributed by atoms with Crippen molar-refractivity contribution in [3.8, 4) is 0 Å². The lowest BCUT2D eigenvalue weighted by molar-refractivity contribution is -0.116. The molecule has 0 bridgehead atoms. The fourth-order valence-corrected chi connectivity index (χ4v) is 1.90. The summed E-state index contributed by atoms with van der Waals surface area (Å²) in [4.78, 5) is 14.9. The summed E-state index contributed by atoms with van der Waals surface area (Å²) in [6, 6.07) is 12.5. The fourth-order valence-electron chi connectivity index (χ4n) is 1.15. The summed E-state index contributed by atoms with van der Waals surface area (Å²) in [5.41, 5.74) is 0. The molecule has 1 aliphatic heterocycles. The number of hydrogen-bond acceptors (Lipinski definition) is 3. The van der Waals surface area contributed by atoms with Gasteiger partial charge in [0.15, 0.2) is 5.17 Å². The molecule has 1 heterocycles. The van der Waals surface area contributed by atoms with Crippen molar-refractivity contribution in [3.05, 3.63) is 36.4 Å². The Morgan fingerprint density at radius 2 is 1.69 bits per heavy atom. The minimum atomic E-state index is 0.0874. The van der Waals surface area contributed by atoms with E-state index in [1.807, 2.05) is 36.4 Å². The van der Waals surface area contributed by atoms with Gasteiger partial charge in [-0.15, -0.1) is 0 Å². The summed E-state index contributed by atoms with van der Waals surface area (Å²) in [6.07, 6.45) is 2.39. The predicted octanol–water partition coefficient (Wildman–Crippen LogP) is 2.05. The summed E-state index contributed by atoms with van der Waals surface area (Å²) < 4.78 is 0. The second-order valence-corrected chi connectivity index (χ2v) is 4.62. The Hall–Kier alpha value is -1.29. The molecule has 0 spiro atoms. The average Bonchev–Trinajstić information content (AvgIpc) is 3.04. The smallest absolute Gasteiger partial charge is 0.236 e. The van der Waals surface area contributed by atoms with Gasteiger partial charge in [0.25, 0.3) is 0 Å². The molecule has 4 heteroatoms. The van der Waals surface area contributed by atoms with Gasteiger partial charge < -0.3 is 5.32 Å². The molecule has 1 saturated heterocycles. The van der Waals surface area contributed by atoms with Crippen LogP contribution in [0.25, 0.3) is 0 Å². The monoisotopic (exact) mass is 234 g/mol. The van der Waals surface area contributed by atoms with Crippen LogP contribution in [-0.2, 0) is 4.79 Å². The van der Waals surface area contributed by atoms with Gasteiger partial charge in [-0.25, -0.2) is 0 Å². The van der Waals surface area contributed by atoms with Crippen LogP contribution in [0.2, 0.25) is 0 Å². The SMILES string of the molecule is O=C1CSC(=NC2CC2)N1.c1ccccc1. The van der Waals surface area contributed by atoms with E-state index in [1.165, 1.54) is 24.6 Å². The van der Waals surface area contributed by atoms with Gasteiger partial charge in [-0.1, -0.05) is 48.2 Å². The minimum Gasteiger partial charge on any atom is -0.305 e. The fraction of sp³-hybridized carbons (Fsp3) is 0.333. The van der Waals surface area contributed by atoms with Crippen LogP contribution in [-0.4, -0.2) is 22.9 Å². The highest BCUT2D eigenvalue weighted by molar-refractivity contribution is 8.15. The summed E-state index contributed by atoms with van der Waals surface area (Å²) in [5.74, 6) is 0.635. The zero-order valence-electron chi connectivity index (χ0n) is 8.93.